The number of ketones is 1. The van der Waals surface area contributed by atoms with Gasteiger partial charge >= 0.3 is 0 Å². The molecule has 0 saturated carbocycles. The van der Waals surface area contributed by atoms with Crippen LogP contribution in [0.2, 0.25) is 0 Å². The first-order valence-electron chi connectivity index (χ1n) is 41.8. The van der Waals surface area contributed by atoms with Crippen molar-refractivity contribution in [1.82, 2.24) is 40.8 Å². The summed E-state index contributed by atoms with van der Waals surface area (Å²) in [7, 11) is -4.95. The van der Waals surface area contributed by atoms with Crippen LogP contribution in [0.15, 0.2) is 280 Å². The lowest BCUT2D eigenvalue weighted by Crippen LogP contribution is -2.75. The Morgan fingerprint density at radius 3 is 0.844 bits per heavy atom. The summed E-state index contributed by atoms with van der Waals surface area (Å²) in [4.78, 5) is 14.6. The maximum Gasteiger partial charge on any atom is 0.204 e. The second kappa shape index (κ2) is 34.6. The molecule has 16 heteroatoms. The molecular formula is C106H95Br3N10OSi2. The molecule has 0 fully saturated rings. The van der Waals surface area contributed by atoms with Gasteiger partial charge in [0.25, 0.3) is 0 Å². The Labute approximate surface area is 743 Å². The van der Waals surface area contributed by atoms with Gasteiger partial charge in [-0.3, -0.25) is 4.79 Å². The molecule has 0 saturated heterocycles. The Morgan fingerprint density at radius 1 is 0.279 bits per heavy atom. The first-order chi connectivity index (χ1) is 59.1. The van der Waals surface area contributed by atoms with Gasteiger partial charge < -0.3 is 10.2 Å². The summed E-state index contributed by atoms with van der Waals surface area (Å²) < 4.78 is 3.12. The Balaban J connectivity index is 0.000000131. The van der Waals surface area contributed by atoms with Gasteiger partial charge in [-0.15, -0.1) is 40.8 Å². The summed E-state index contributed by atoms with van der Waals surface area (Å²) in [6.07, 6.45) is 0.873. The highest BCUT2D eigenvalue weighted by Crippen LogP contribution is 2.45. The second-order valence-corrected chi connectivity index (χ2v) is 42.0. The number of aromatic nitrogens is 8. The van der Waals surface area contributed by atoms with Gasteiger partial charge in [-0.1, -0.05) is 292 Å². The fourth-order valence-electron chi connectivity index (χ4n) is 19.1. The molecule has 16 aromatic rings. The quantitative estimate of drug-likeness (QED) is 0.165. The van der Waals surface area contributed by atoms with Crippen LogP contribution in [0.5, 0.6) is 0 Å². The molecule has 4 aliphatic heterocycles. The lowest BCUT2D eigenvalue weighted by Gasteiger charge is -2.43. The van der Waals surface area contributed by atoms with Crippen LogP contribution in [-0.2, 0) is 6.42 Å². The molecule has 0 bridgehead atoms. The lowest BCUT2D eigenvalue weighted by atomic mass is 9.85. The number of nitrogens with one attached hydrogen (secondary N) is 1. The number of halogens is 3. The minimum atomic E-state index is -2.64. The van der Waals surface area contributed by atoms with Crippen LogP contribution >= 0.6 is 47.8 Å². The van der Waals surface area contributed by atoms with Crippen molar-refractivity contribution in [1.29, 1.82) is 0 Å². The number of para-hydroxylation sites is 4. The van der Waals surface area contributed by atoms with Crippen molar-refractivity contribution in [2.75, 3.05) is 10.2 Å². The predicted octanol–water partition coefficient (Wildman–Crippen LogP) is 22.3. The van der Waals surface area contributed by atoms with E-state index >= 15 is 0 Å². The molecule has 0 unspecified atom stereocenters. The van der Waals surface area contributed by atoms with Crippen LogP contribution in [0.25, 0.3) is 67.8 Å². The molecule has 1 aliphatic carbocycles. The molecular weight excluding hydrogens is 1730 g/mol. The third-order valence-corrected chi connectivity index (χ3v) is 35.3. The van der Waals surface area contributed by atoms with Crippen LogP contribution in [0.4, 0.5) is 28.4 Å². The van der Waals surface area contributed by atoms with E-state index in [9.17, 15) is 4.79 Å². The largest absolute Gasteiger partial charge is 0.356 e. The summed E-state index contributed by atoms with van der Waals surface area (Å²) in [5.41, 5.74) is 33.5. The topological polar surface area (TPSA) is 135 Å². The van der Waals surface area contributed by atoms with Crippen molar-refractivity contribution in [2.45, 2.75) is 117 Å². The number of hydrogen-bond donors (Lipinski definition) is 1. The summed E-state index contributed by atoms with van der Waals surface area (Å²) in [6.45, 7) is 33.3. The molecule has 2 aromatic heterocycles. The van der Waals surface area contributed by atoms with Crippen molar-refractivity contribution >= 4 is 140 Å². The first kappa shape index (κ1) is 83.7. The first-order valence-corrected chi connectivity index (χ1v) is 48.2. The third-order valence-electron chi connectivity index (χ3n) is 24.0. The minimum absolute atomic E-state index is 0.160. The molecule has 6 heterocycles. The van der Waals surface area contributed by atoms with Gasteiger partial charge in [-0.2, -0.15) is 0 Å². The zero-order valence-corrected chi connectivity index (χ0v) is 78.4. The summed E-state index contributed by atoms with van der Waals surface area (Å²) in [6, 6.07) is 97.0. The number of anilines is 5. The van der Waals surface area contributed by atoms with Crippen molar-refractivity contribution in [3.8, 4) is 67.8 Å². The number of fused-ring (bicyclic) bond motifs is 20. The second-order valence-electron chi connectivity index (χ2n) is 31.9. The molecule has 0 atom stereocenters. The average molecular weight is 1820 g/mol. The fraction of sp³-hybridized carbons (Fsp3) is 0.160. The summed E-state index contributed by atoms with van der Waals surface area (Å²) in [5, 5.41) is 51.2. The van der Waals surface area contributed by atoms with E-state index in [-0.39, 0.29) is 5.78 Å². The van der Waals surface area contributed by atoms with E-state index in [0.29, 0.717) is 23.3 Å². The van der Waals surface area contributed by atoms with Crippen molar-refractivity contribution in [3.05, 3.63) is 369 Å². The van der Waals surface area contributed by atoms with E-state index in [1.165, 1.54) is 109 Å². The van der Waals surface area contributed by atoms with Crippen LogP contribution in [0.3, 0.4) is 0 Å². The molecule has 0 amide bonds. The fourth-order valence-corrected chi connectivity index (χ4v) is 32.1. The van der Waals surface area contributed by atoms with E-state index in [2.05, 4.69) is 348 Å². The number of aryl methyl sites for hydroxylation is 12. The number of hydrogen-bond acceptors (Lipinski definition) is 11. The van der Waals surface area contributed by atoms with Crippen molar-refractivity contribution in [3.63, 3.8) is 0 Å². The number of rotatable bonds is 5. The molecule has 0 radical (unpaired) electrons. The number of benzene rings is 14. The standard InChI is InChI=1S/C44H36BrN5Si.C26H21NSi.C18H16Br2N4.C14H10O.2C2H6/c1-25-15-17-37-33(19-25)34-20-26(2)16-18-38(34)51(37)39-13-9-7-11-35(39)50(36-12-8-10-14-40(36)51)32-23-29(5)42(30(6)24-32)44-48-46-43(47-49-44)41-27(3)21-31(45)22-28(41)4;1-17-11-13-23-19(15-17)20-16-18(2)12-14-24(20)28(23)25-9-5-3-7-21(25)27-22-8-4-6-10-26(22)28;1-9-5-13(19)6-10(2)15(9)17-21-23-18(24-22-17)16-11(3)7-14(20)8-12(16)4;15-14-12-7-3-1-5-10(12)9-11-6-2-4-8-13(11)14;2*1-2/h7-24H,1-6H3;3-16,27H,1-2H3;5-8H,1-4H3;1-8H,9H2;2*1-2H3. The maximum atomic E-state index is 12.1. The Morgan fingerprint density at radius 2 is 0.533 bits per heavy atom. The number of carbonyl (C=O) groups excluding carboxylic acids is 1. The van der Waals surface area contributed by atoms with Crippen LogP contribution in [0, 0.1) is 83.1 Å². The van der Waals surface area contributed by atoms with Gasteiger partial charge in [0.2, 0.25) is 23.3 Å². The van der Waals surface area contributed by atoms with E-state index in [4.69, 9.17) is 0 Å². The van der Waals surface area contributed by atoms with E-state index in [0.717, 1.165) is 115 Å². The molecule has 5 aliphatic rings. The minimum Gasteiger partial charge on any atom is -0.356 e. The highest BCUT2D eigenvalue weighted by molar-refractivity contribution is 9.11. The molecule has 11 nitrogen and oxygen atoms in total. The van der Waals surface area contributed by atoms with Gasteiger partial charge in [-0.05, 0) is 282 Å². The molecule has 14 aromatic carbocycles. The Bertz CT molecular complexity index is 6410. The smallest absolute Gasteiger partial charge is 0.204 e. The molecule has 1 N–H and O–H groups in total. The molecule has 21 rings (SSSR count). The van der Waals surface area contributed by atoms with Gasteiger partial charge in [0.1, 0.15) is 0 Å². The van der Waals surface area contributed by atoms with Crippen LogP contribution in [-0.4, -0.2) is 62.7 Å². The van der Waals surface area contributed by atoms with Gasteiger partial charge in [0.05, 0.1) is 0 Å². The molecule has 122 heavy (non-hydrogen) atoms. The van der Waals surface area contributed by atoms with Crippen LogP contribution < -0.4 is 51.7 Å². The Kier molecular flexibility index (Phi) is 23.7. The number of carbonyl (C=O) groups is 1. The third kappa shape index (κ3) is 14.7. The van der Waals surface area contributed by atoms with Crippen molar-refractivity contribution < 1.29 is 4.79 Å². The lowest BCUT2D eigenvalue weighted by molar-refractivity contribution is 0.103. The molecule has 604 valence electrons. The van der Waals surface area contributed by atoms with Gasteiger partial charge in [-0.25, -0.2) is 0 Å². The normalized spacial score (nSPS) is 12.9. The zero-order valence-electron chi connectivity index (χ0n) is 71.7. The van der Waals surface area contributed by atoms with E-state index in [1.807, 2.05) is 128 Å². The van der Waals surface area contributed by atoms with E-state index < -0.39 is 16.1 Å². The predicted molar refractivity (Wildman–Crippen MR) is 522 cm³/mol. The zero-order chi connectivity index (χ0) is 85.7. The maximum absolute atomic E-state index is 12.1. The van der Waals surface area contributed by atoms with Gasteiger partial charge in [0.15, 0.2) is 21.9 Å². The van der Waals surface area contributed by atoms with Crippen molar-refractivity contribution in [2.24, 2.45) is 0 Å². The Hall–Kier alpha value is -11.9. The number of nitrogens with zero attached hydrogens (tertiary/aromatic N) is 9. The highest BCUT2D eigenvalue weighted by Gasteiger charge is 2.55. The highest BCUT2D eigenvalue weighted by atomic mass is 79.9. The molecule has 2 spiro atoms. The average Bonchev–Trinajstić information content (AvgIpc) is 1.50. The SMILES string of the molecule is CC.CC.Cc1cc(Br)cc(C)c1-c1nnc(-c2c(C)cc(Br)cc2C)nn1.Cc1ccc2c(c1)-c1cc(C)ccc1[Si]21c2ccccc2N(c2cc(C)c(-c3nnc(-c4c(C)cc(Br)cc4C)nn3)c(C)c2)c2ccccc21.Cc1ccc2c(c1)-c1cc(C)ccc1[Si]21c2ccccc2Nc2ccccc21.O=C1c2ccccc2Cc2ccccc21. The summed E-state index contributed by atoms with van der Waals surface area (Å²) >= 11 is 10.6. The van der Waals surface area contributed by atoms with E-state index in [1.54, 1.807) is 0 Å². The van der Waals surface area contributed by atoms with Gasteiger partial charge in [0, 0.05) is 75.2 Å². The monoisotopic (exact) mass is 1820 g/mol. The summed E-state index contributed by atoms with van der Waals surface area (Å²) in [5.74, 6) is 2.33. The van der Waals surface area contributed by atoms with Crippen LogP contribution in [0.1, 0.15) is 122 Å².